The van der Waals surface area contributed by atoms with Gasteiger partial charge >= 0.3 is 0 Å². The first-order valence-corrected chi connectivity index (χ1v) is 8.23. The maximum atomic E-state index is 9.27. The lowest BCUT2D eigenvalue weighted by Gasteiger charge is -2.14. The van der Waals surface area contributed by atoms with E-state index in [1.54, 1.807) is 23.9 Å². The highest BCUT2D eigenvalue weighted by molar-refractivity contribution is 7.98. The number of hydrogen-bond acceptors (Lipinski definition) is 4. The van der Waals surface area contributed by atoms with Gasteiger partial charge in [-0.3, -0.25) is 0 Å². The van der Waals surface area contributed by atoms with Gasteiger partial charge in [-0.15, -0.1) is 11.8 Å². The summed E-state index contributed by atoms with van der Waals surface area (Å²) in [5.41, 5.74) is 8.88. The Kier molecular flexibility index (Phi) is 5.47. The molecular formula is C16H18N2OS2. The van der Waals surface area contributed by atoms with E-state index in [0.29, 0.717) is 4.99 Å². The number of nitrogens with two attached hydrogens (primary N) is 1. The zero-order valence-corrected chi connectivity index (χ0v) is 13.4. The molecule has 0 spiro atoms. The third kappa shape index (κ3) is 4.12. The van der Waals surface area contributed by atoms with Crippen molar-refractivity contribution < 1.29 is 5.11 Å². The summed E-state index contributed by atoms with van der Waals surface area (Å²) >= 11 is 6.79. The van der Waals surface area contributed by atoms with Crippen LogP contribution in [0.4, 0.5) is 5.69 Å². The van der Waals surface area contributed by atoms with Crippen LogP contribution in [-0.4, -0.2) is 22.9 Å². The largest absolute Gasteiger partial charge is 0.508 e. The molecule has 0 heterocycles. The number of rotatable bonds is 6. The molecule has 4 N–H and O–H groups in total. The topological polar surface area (TPSA) is 58.3 Å². The van der Waals surface area contributed by atoms with Crippen LogP contribution in [0.1, 0.15) is 11.1 Å². The van der Waals surface area contributed by atoms with E-state index in [4.69, 9.17) is 18.0 Å². The molecule has 0 aromatic heterocycles. The Morgan fingerprint density at radius 3 is 2.57 bits per heavy atom. The molecule has 5 heteroatoms. The Labute approximate surface area is 134 Å². The predicted molar refractivity (Wildman–Crippen MR) is 94.4 cm³/mol. The van der Waals surface area contributed by atoms with Crippen molar-refractivity contribution >= 4 is 34.7 Å². The minimum atomic E-state index is 0.287. The smallest absolute Gasteiger partial charge is 0.115 e. The third-order valence-electron chi connectivity index (χ3n) is 3.16. The van der Waals surface area contributed by atoms with Crippen molar-refractivity contribution in [2.24, 2.45) is 5.73 Å². The van der Waals surface area contributed by atoms with Gasteiger partial charge in [0, 0.05) is 22.7 Å². The van der Waals surface area contributed by atoms with Crippen LogP contribution in [0.3, 0.4) is 0 Å². The Morgan fingerprint density at radius 1 is 1.24 bits per heavy atom. The fraction of sp³-hybridized carbons (Fsp3) is 0.188. The van der Waals surface area contributed by atoms with Gasteiger partial charge in [0.1, 0.15) is 10.7 Å². The molecule has 2 aromatic rings. The predicted octanol–water partition coefficient (Wildman–Crippen LogP) is 3.40. The molecule has 0 aliphatic heterocycles. The van der Waals surface area contributed by atoms with Crippen molar-refractivity contribution in [3.63, 3.8) is 0 Å². The molecule has 0 unspecified atom stereocenters. The number of nitrogens with one attached hydrogen (secondary N) is 1. The Morgan fingerprint density at radius 2 is 1.95 bits per heavy atom. The monoisotopic (exact) mass is 318 g/mol. The number of benzene rings is 2. The van der Waals surface area contributed by atoms with Crippen molar-refractivity contribution in [1.82, 2.24) is 0 Å². The molecule has 0 aliphatic carbocycles. The van der Waals surface area contributed by atoms with Crippen LogP contribution < -0.4 is 11.1 Å². The highest BCUT2D eigenvalue weighted by atomic mass is 32.2. The summed E-state index contributed by atoms with van der Waals surface area (Å²) in [6.07, 6.45) is 2.87. The molecule has 21 heavy (non-hydrogen) atoms. The lowest BCUT2D eigenvalue weighted by Crippen LogP contribution is -2.15. The fourth-order valence-corrected chi connectivity index (χ4v) is 3.03. The number of thioether (sulfide) groups is 1. The quantitative estimate of drug-likeness (QED) is 0.563. The molecule has 2 aromatic carbocycles. The van der Waals surface area contributed by atoms with E-state index < -0.39 is 0 Å². The second kappa shape index (κ2) is 7.33. The van der Waals surface area contributed by atoms with Gasteiger partial charge in [-0.25, -0.2) is 0 Å². The van der Waals surface area contributed by atoms with Crippen LogP contribution >= 0.6 is 24.0 Å². The summed E-state index contributed by atoms with van der Waals surface area (Å²) in [7, 11) is 0. The Balaban J connectivity index is 2.06. The molecule has 3 nitrogen and oxygen atoms in total. The van der Waals surface area contributed by atoms with Crippen molar-refractivity contribution in [3.8, 4) is 5.75 Å². The molecule has 0 bridgehead atoms. The van der Waals surface area contributed by atoms with Crippen LogP contribution in [0.25, 0.3) is 0 Å². The van der Waals surface area contributed by atoms with E-state index >= 15 is 0 Å². The summed E-state index contributed by atoms with van der Waals surface area (Å²) in [6, 6.07) is 13.2. The van der Waals surface area contributed by atoms with Crippen LogP contribution in [0.15, 0.2) is 47.4 Å². The SMILES string of the molecule is CSc1cccc(NCCc2ccc(O)cc2)c1C(N)=S. The van der Waals surface area contributed by atoms with Crippen LogP contribution in [-0.2, 0) is 6.42 Å². The standard InChI is InChI=1S/C16H18N2OS2/c1-21-14-4-2-3-13(15(14)16(17)20)18-10-9-11-5-7-12(19)8-6-11/h2-8,18-19H,9-10H2,1H3,(H2,17,20). The molecule has 0 saturated heterocycles. The molecule has 0 saturated carbocycles. The summed E-state index contributed by atoms with van der Waals surface area (Å²) in [4.78, 5) is 1.49. The van der Waals surface area contributed by atoms with E-state index in [-0.39, 0.29) is 5.75 Å². The highest BCUT2D eigenvalue weighted by Gasteiger charge is 2.10. The van der Waals surface area contributed by atoms with Gasteiger partial charge < -0.3 is 16.2 Å². The molecule has 0 radical (unpaired) electrons. The zero-order valence-electron chi connectivity index (χ0n) is 11.8. The molecule has 110 valence electrons. The van der Waals surface area contributed by atoms with Gasteiger partial charge in [-0.05, 0) is 42.5 Å². The van der Waals surface area contributed by atoms with Crippen molar-refractivity contribution in [1.29, 1.82) is 0 Å². The molecule has 0 aliphatic rings. The van der Waals surface area contributed by atoms with Crippen molar-refractivity contribution in [2.75, 3.05) is 18.1 Å². The number of anilines is 1. The lowest BCUT2D eigenvalue weighted by atomic mass is 10.1. The second-order valence-electron chi connectivity index (χ2n) is 4.59. The maximum absolute atomic E-state index is 9.27. The number of aromatic hydroxyl groups is 1. The first-order valence-electron chi connectivity index (χ1n) is 6.60. The van der Waals surface area contributed by atoms with E-state index in [1.807, 2.05) is 36.6 Å². The fourth-order valence-electron chi connectivity index (χ4n) is 2.11. The van der Waals surface area contributed by atoms with Gasteiger partial charge in [0.2, 0.25) is 0 Å². The highest BCUT2D eigenvalue weighted by Crippen LogP contribution is 2.27. The second-order valence-corrected chi connectivity index (χ2v) is 5.88. The average molecular weight is 318 g/mol. The summed E-state index contributed by atoms with van der Waals surface area (Å²) in [6.45, 7) is 0.776. The molecule has 2 rings (SSSR count). The van der Waals surface area contributed by atoms with E-state index in [2.05, 4.69) is 5.32 Å². The van der Waals surface area contributed by atoms with E-state index in [1.165, 1.54) is 0 Å². The average Bonchev–Trinajstić information content (AvgIpc) is 2.48. The van der Waals surface area contributed by atoms with Gasteiger partial charge in [0.25, 0.3) is 0 Å². The molecular weight excluding hydrogens is 300 g/mol. The van der Waals surface area contributed by atoms with E-state index in [9.17, 15) is 5.11 Å². The van der Waals surface area contributed by atoms with Crippen molar-refractivity contribution in [3.05, 3.63) is 53.6 Å². The minimum absolute atomic E-state index is 0.287. The first kappa shape index (κ1) is 15.7. The molecule has 0 atom stereocenters. The molecule has 0 amide bonds. The van der Waals surface area contributed by atoms with Gasteiger partial charge in [-0.2, -0.15) is 0 Å². The van der Waals surface area contributed by atoms with Crippen LogP contribution in [0.5, 0.6) is 5.75 Å². The van der Waals surface area contributed by atoms with Gasteiger partial charge in [0.05, 0.1) is 0 Å². The molecule has 0 fully saturated rings. The number of hydrogen-bond donors (Lipinski definition) is 3. The van der Waals surface area contributed by atoms with Crippen LogP contribution in [0, 0.1) is 0 Å². The third-order valence-corrected chi connectivity index (χ3v) is 4.14. The van der Waals surface area contributed by atoms with Gasteiger partial charge in [0.15, 0.2) is 0 Å². The van der Waals surface area contributed by atoms with E-state index in [0.717, 1.165) is 34.7 Å². The van der Waals surface area contributed by atoms with Gasteiger partial charge in [-0.1, -0.05) is 30.4 Å². The minimum Gasteiger partial charge on any atom is -0.508 e. The number of phenolic OH excluding ortho intramolecular Hbond substituents is 1. The normalized spacial score (nSPS) is 10.3. The van der Waals surface area contributed by atoms with Crippen molar-refractivity contribution in [2.45, 2.75) is 11.3 Å². The number of phenols is 1. The Bertz CT molecular complexity index is 627. The van der Waals surface area contributed by atoms with Crippen LogP contribution in [0.2, 0.25) is 0 Å². The maximum Gasteiger partial charge on any atom is 0.115 e. The number of thiocarbonyl (C=S) groups is 1. The first-order chi connectivity index (χ1) is 10.1. The lowest BCUT2D eigenvalue weighted by molar-refractivity contribution is 0.475. The summed E-state index contributed by atoms with van der Waals surface area (Å²) < 4.78 is 0. The summed E-state index contributed by atoms with van der Waals surface area (Å²) in [5.74, 6) is 0.287. The zero-order chi connectivity index (χ0) is 15.2. The Hall–Kier alpha value is -1.72. The summed E-state index contributed by atoms with van der Waals surface area (Å²) in [5, 5.41) is 12.7.